The number of hydrogen-bond acceptors (Lipinski definition) is 4. The van der Waals surface area contributed by atoms with Crippen molar-refractivity contribution in [1.29, 1.82) is 0 Å². The summed E-state index contributed by atoms with van der Waals surface area (Å²) in [5.41, 5.74) is 1.08. The van der Waals surface area contributed by atoms with Crippen LogP contribution in [0.4, 0.5) is 0 Å². The molecule has 17 heavy (non-hydrogen) atoms. The maximum Gasteiger partial charge on any atom is 0.116 e. The zero-order valence-corrected chi connectivity index (χ0v) is 9.97. The van der Waals surface area contributed by atoms with E-state index >= 15 is 0 Å². The summed E-state index contributed by atoms with van der Waals surface area (Å²) < 4.78 is 0. The van der Waals surface area contributed by atoms with Gasteiger partial charge in [0.15, 0.2) is 0 Å². The summed E-state index contributed by atoms with van der Waals surface area (Å²) in [6.07, 6.45) is -2.15. The molecule has 3 nitrogen and oxygen atoms in total. The van der Waals surface area contributed by atoms with Crippen LogP contribution in [0.5, 0.6) is 0 Å². The van der Waals surface area contributed by atoms with Crippen LogP contribution in [0.15, 0.2) is 42.5 Å². The van der Waals surface area contributed by atoms with Crippen molar-refractivity contribution in [2.45, 2.75) is 12.2 Å². The highest BCUT2D eigenvalue weighted by atomic mass is 32.1. The van der Waals surface area contributed by atoms with E-state index in [1.807, 2.05) is 36.4 Å². The fourth-order valence-electron chi connectivity index (χ4n) is 1.56. The fourth-order valence-corrected chi connectivity index (χ4v) is 2.62. The van der Waals surface area contributed by atoms with E-state index in [2.05, 4.69) is 0 Å². The molecule has 0 radical (unpaired) electrons. The highest BCUT2D eigenvalue weighted by Gasteiger charge is 2.19. The molecule has 0 aliphatic carbocycles. The lowest BCUT2D eigenvalue weighted by Gasteiger charge is -2.13. The van der Waals surface area contributed by atoms with E-state index in [-0.39, 0.29) is 0 Å². The Bertz CT molecular complexity index is 467. The average molecular weight is 250 g/mol. The summed E-state index contributed by atoms with van der Waals surface area (Å²) in [4.78, 5) is 1.69. The first-order valence-corrected chi connectivity index (χ1v) is 6.16. The third-order valence-corrected chi connectivity index (χ3v) is 3.73. The van der Waals surface area contributed by atoms with E-state index in [4.69, 9.17) is 5.11 Å². The Balaban J connectivity index is 2.22. The molecule has 0 saturated heterocycles. The van der Waals surface area contributed by atoms with Gasteiger partial charge in [-0.2, -0.15) is 0 Å². The third-order valence-electron chi connectivity index (χ3n) is 2.53. The third kappa shape index (κ3) is 2.73. The monoisotopic (exact) mass is 250 g/mol. The molecule has 2 atom stereocenters. The molecule has 0 saturated carbocycles. The zero-order valence-electron chi connectivity index (χ0n) is 9.15. The number of aliphatic hydroxyl groups is 3. The van der Waals surface area contributed by atoms with Crippen molar-refractivity contribution in [2.24, 2.45) is 0 Å². The van der Waals surface area contributed by atoms with Crippen LogP contribution in [0.25, 0.3) is 10.4 Å². The minimum absolute atomic E-state index is 0.445. The predicted molar refractivity (Wildman–Crippen MR) is 67.8 cm³/mol. The lowest BCUT2D eigenvalue weighted by atomic mass is 10.1. The average Bonchev–Trinajstić information content (AvgIpc) is 2.87. The quantitative estimate of drug-likeness (QED) is 0.775. The normalized spacial score (nSPS) is 14.5. The molecule has 90 valence electrons. The van der Waals surface area contributed by atoms with E-state index in [1.165, 1.54) is 11.3 Å². The van der Waals surface area contributed by atoms with E-state index in [0.29, 0.717) is 4.88 Å². The number of rotatable bonds is 4. The van der Waals surface area contributed by atoms with E-state index in [0.717, 1.165) is 10.4 Å². The first-order chi connectivity index (χ1) is 8.22. The van der Waals surface area contributed by atoms with Gasteiger partial charge in [0, 0.05) is 9.75 Å². The van der Waals surface area contributed by atoms with Crippen molar-refractivity contribution in [2.75, 3.05) is 6.61 Å². The van der Waals surface area contributed by atoms with Crippen molar-refractivity contribution in [3.63, 3.8) is 0 Å². The van der Waals surface area contributed by atoms with E-state index in [9.17, 15) is 10.2 Å². The zero-order chi connectivity index (χ0) is 12.3. The van der Waals surface area contributed by atoms with Gasteiger partial charge in [-0.05, 0) is 17.7 Å². The summed E-state index contributed by atoms with van der Waals surface area (Å²) in [6, 6.07) is 13.5. The van der Waals surface area contributed by atoms with Crippen LogP contribution in [0.3, 0.4) is 0 Å². The van der Waals surface area contributed by atoms with Gasteiger partial charge in [0.05, 0.1) is 6.61 Å². The van der Waals surface area contributed by atoms with Gasteiger partial charge in [0.2, 0.25) is 0 Å². The van der Waals surface area contributed by atoms with Gasteiger partial charge >= 0.3 is 0 Å². The largest absolute Gasteiger partial charge is 0.394 e. The molecule has 0 amide bonds. The molecule has 1 heterocycles. The van der Waals surface area contributed by atoms with Gasteiger partial charge in [0.1, 0.15) is 12.2 Å². The summed E-state index contributed by atoms with van der Waals surface area (Å²) in [5, 5.41) is 27.9. The van der Waals surface area contributed by atoms with Crippen molar-refractivity contribution in [3.8, 4) is 10.4 Å². The minimum Gasteiger partial charge on any atom is -0.394 e. The molecule has 1 aromatic carbocycles. The number of hydrogen-bond donors (Lipinski definition) is 3. The Hall–Kier alpha value is -1.20. The topological polar surface area (TPSA) is 60.7 Å². The van der Waals surface area contributed by atoms with E-state index < -0.39 is 18.8 Å². The van der Waals surface area contributed by atoms with Crippen molar-refractivity contribution in [1.82, 2.24) is 0 Å². The first-order valence-electron chi connectivity index (χ1n) is 5.34. The Labute approximate surface area is 104 Å². The molecule has 0 bridgehead atoms. The van der Waals surface area contributed by atoms with Gasteiger partial charge < -0.3 is 15.3 Å². The lowest BCUT2D eigenvalue weighted by Crippen LogP contribution is -2.21. The van der Waals surface area contributed by atoms with Crippen LogP contribution in [0.1, 0.15) is 11.0 Å². The Morgan fingerprint density at radius 3 is 2.35 bits per heavy atom. The van der Waals surface area contributed by atoms with Gasteiger partial charge in [-0.1, -0.05) is 30.3 Å². The molecule has 4 heteroatoms. The standard InChI is InChI=1S/C13H14O3S/c14-8-10(15)13(16)12-7-6-11(17-12)9-4-2-1-3-5-9/h1-7,10,13-16H,8H2. The Kier molecular flexibility index (Phi) is 3.91. The molecular weight excluding hydrogens is 236 g/mol. The van der Waals surface area contributed by atoms with Crippen molar-refractivity contribution in [3.05, 3.63) is 47.3 Å². The molecule has 3 N–H and O–H groups in total. The van der Waals surface area contributed by atoms with Gasteiger partial charge in [-0.3, -0.25) is 0 Å². The number of benzene rings is 1. The highest BCUT2D eigenvalue weighted by molar-refractivity contribution is 7.15. The van der Waals surface area contributed by atoms with Crippen molar-refractivity contribution < 1.29 is 15.3 Å². The summed E-state index contributed by atoms with van der Waals surface area (Å²) >= 11 is 1.42. The molecule has 2 unspecified atom stereocenters. The maximum atomic E-state index is 9.75. The Morgan fingerprint density at radius 1 is 1.00 bits per heavy atom. The molecule has 1 aromatic heterocycles. The lowest BCUT2D eigenvalue weighted by molar-refractivity contribution is -0.0135. The molecule has 0 aliphatic heterocycles. The summed E-state index contributed by atoms with van der Waals surface area (Å²) in [7, 11) is 0. The second-order valence-corrected chi connectivity index (χ2v) is 4.88. The summed E-state index contributed by atoms with van der Waals surface area (Å²) in [5.74, 6) is 0. The molecule has 0 aliphatic rings. The second-order valence-electron chi connectivity index (χ2n) is 3.76. The molecule has 2 aromatic rings. The van der Waals surface area contributed by atoms with Crippen LogP contribution in [-0.2, 0) is 0 Å². The Morgan fingerprint density at radius 2 is 1.71 bits per heavy atom. The molecule has 0 fully saturated rings. The van der Waals surface area contributed by atoms with Gasteiger partial charge in [0.25, 0.3) is 0 Å². The SMILES string of the molecule is OCC(O)C(O)c1ccc(-c2ccccc2)s1. The minimum atomic E-state index is -1.13. The van der Waals surface area contributed by atoms with Crippen LogP contribution in [0, 0.1) is 0 Å². The van der Waals surface area contributed by atoms with Gasteiger partial charge in [-0.25, -0.2) is 0 Å². The molecule has 0 spiro atoms. The smallest absolute Gasteiger partial charge is 0.116 e. The molecular formula is C13H14O3S. The predicted octanol–water partition coefficient (Wildman–Crippen LogP) is 1.80. The maximum absolute atomic E-state index is 9.75. The van der Waals surface area contributed by atoms with Crippen LogP contribution in [0.2, 0.25) is 0 Å². The van der Waals surface area contributed by atoms with Gasteiger partial charge in [-0.15, -0.1) is 11.3 Å². The fraction of sp³-hybridized carbons (Fsp3) is 0.231. The van der Waals surface area contributed by atoms with Crippen LogP contribution >= 0.6 is 11.3 Å². The van der Waals surface area contributed by atoms with Crippen LogP contribution < -0.4 is 0 Å². The number of aliphatic hydroxyl groups excluding tert-OH is 3. The van der Waals surface area contributed by atoms with Crippen LogP contribution in [-0.4, -0.2) is 28.0 Å². The van der Waals surface area contributed by atoms with E-state index in [1.54, 1.807) is 6.07 Å². The summed E-state index contributed by atoms with van der Waals surface area (Å²) in [6.45, 7) is -0.445. The van der Waals surface area contributed by atoms with Crippen molar-refractivity contribution >= 4 is 11.3 Å². The number of thiophene rings is 1. The highest BCUT2D eigenvalue weighted by Crippen LogP contribution is 2.32. The molecule has 2 rings (SSSR count). The first kappa shape index (κ1) is 12.3. The second kappa shape index (κ2) is 5.42.